The molecule has 4 aromatic rings. The van der Waals surface area contributed by atoms with E-state index < -0.39 is 10.8 Å². The zero-order valence-corrected chi connectivity index (χ0v) is 20.7. The number of hydrogen-bond acceptors (Lipinski definition) is 7. The summed E-state index contributed by atoms with van der Waals surface area (Å²) in [5.41, 5.74) is 4.44. The number of non-ortho nitro benzene ring substituents is 1. The number of fused-ring (bicyclic) bond motifs is 1. The largest absolute Gasteiger partial charge is 0.490 e. The molecular formula is C25H20IN3O6. The molecule has 0 bridgehead atoms. The standard InChI is InChI=1S/C25H20IN3O6/c1-2-33-22-12-17(14-27-28-25(30)23-13-18-7-3-4-9-21(18)35-23)11-20(26)24(22)34-15-16-6-5-8-19(10-16)29(31)32/h3-14H,2,15H2,1H3,(H,28,30)/b27-14+. The topological polar surface area (TPSA) is 116 Å². The number of nitro benzene ring substituents is 1. The quantitative estimate of drug-likeness (QED) is 0.117. The van der Waals surface area contributed by atoms with Crippen LogP contribution < -0.4 is 14.9 Å². The number of carbonyl (C=O) groups is 1. The van der Waals surface area contributed by atoms with E-state index in [1.807, 2.05) is 31.2 Å². The van der Waals surface area contributed by atoms with Crippen molar-refractivity contribution in [2.75, 3.05) is 6.61 Å². The Hall–Kier alpha value is -3.93. The summed E-state index contributed by atoms with van der Waals surface area (Å²) in [6.07, 6.45) is 1.50. The highest BCUT2D eigenvalue weighted by Crippen LogP contribution is 2.34. The van der Waals surface area contributed by atoms with Crippen LogP contribution >= 0.6 is 22.6 Å². The lowest BCUT2D eigenvalue weighted by molar-refractivity contribution is -0.384. The molecule has 1 N–H and O–H groups in total. The predicted octanol–water partition coefficient (Wildman–Crippen LogP) is 5.69. The highest BCUT2D eigenvalue weighted by Gasteiger charge is 2.14. The van der Waals surface area contributed by atoms with Crippen LogP contribution in [0.3, 0.4) is 0 Å². The predicted molar refractivity (Wildman–Crippen MR) is 139 cm³/mol. The van der Waals surface area contributed by atoms with E-state index in [-0.39, 0.29) is 18.1 Å². The second kappa shape index (κ2) is 11.0. The number of carbonyl (C=O) groups excluding carboxylic acids is 1. The molecule has 0 spiro atoms. The Morgan fingerprint density at radius 1 is 1.14 bits per heavy atom. The number of para-hydroxylation sites is 1. The summed E-state index contributed by atoms with van der Waals surface area (Å²) in [6, 6.07) is 18.8. The summed E-state index contributed by atoms with van der Waals surface area (Å²) in [5.74, 6) is 0.712. The van der Waals surface area contributed by atoms with E-state index in [0.29, 0.717) is 34.8 Å². The number of furan rings is 1. The van der Waals surface area contributed by atoms with Gasteiger partial charge in [-0.2, -0.15) is 5.10 Å². The van der Waals surface area contributed by atoms with Gasteiger partial charge in [-0.25, -0.2) is 5.43 Å². The van der Waals surface area contributed by atoms with E-state index in [4.69, 9.17) is 13.9 Å². The minimum Gasteiger partial charge on any atom is -0.490 e. The fourth-order valence-corrected chi connectivity index (χ4v) is 4.08. The fraction of sp³-hybridized carbons (Fsp3) is 0.120. The van der Waals surface area contributed by atoms with Gasteiger partial charge >= 0.3 is 5.91 Å². The number of halogens is 1. The lowest BCUT2D eigenvalue weighted by atomic mass is 10.2. The van der Waals surface area contributed by atoms with Gasteiger partial charge in [0.25, 0.3) is 5.69 Å². The molecule has 1 aromatic heterocycles. The van der Waals surface area contributed by atoms with Crippen molar-refractivity contribution in [1.82, 2.24) is 5.43 Å². The van der Waals surface area contributed by atoms with Gasteiger partial charge in [-0.15, -0.1) is 0 Å². The van der Waals surface area contributed by atoms with E-state index >= 15 is 0 Å². The Labute approximate surface area is 214 Å². The van der Waals surface area contributed by atoms with Gasteiger partial charge in [0.2, 0.25) is 0 Å². The van der Waals surface area contributed by atoms with Crippen molar-refractivity contribution in [3.8, 4) is 11.5 Å². The lowest BCUT2D eigenvalue weighted by Crippen LogP contribution is -2.16. The molecule has 10 heteroatoms. The Bertz CT molecular complexity index is 1380. The zero-order chi connectivity index (χ0) is 24.8. The van der Waals surface area contributed by atoms with E-state index in [1.54, 1.807) is 30.3 Å². The number of benzene rings is 3. The molecule has 0 aliphatic rings. The van der Waals surface area contributed by atoms with Crippen LogP contribution in [0, 0.1) is 13.7 Å². The first-order valence-electron chi connectivity index (χ1n) is 10.6. The first kappa shape index (κ1) is 24.2. The summed E-state index contributed by atoms with van der Waals surface area (Å²) in [7, 11) is 0. The lowest BCUT2D eigenvalue weighted by Gasteiger charge is -2.14. The van der Waals surface area contributed by atoms with Gasteiger partial charge in [0.05, 0.1) is 21.3 Å². The third-order valence-electron chi connectivity index (χ3n) is 4.87. The molecule has 9 nitrogen and oxygen atoms in total. The molecule has 35 heavy (non-hydrogen) atoms. The molecule has 0 unspecified atom stereocenters. The van der Waals surface area contributed by atoms with E-state index in [1.165, 1.54) is 18.3 Å². The Morgan fingerprint density at radius 2 is 1.97 bits per heavy atom. The van der Waals surface area contributed by atoms with Crippen LogP contribution in [0.15, 0.2) is 76.2 Å². The van der Waals surface area contributed by atoms with Gasteiger partial charge in [-0.3, -0.25) is 14.9 Å². The van der Waals surface area contributed by atoms with Crippen molar-refractivity contribution in [1.29, 1.82) is 0 Å². The number of nitrogens with one attached hydrogen (secondary N) is 1. The van der Waals surface area contributed by atoms with Gasteiger partial charge in [0.15, 0.2) is 17.3 Å². The van der Waals surface area contributed by atoms with Crippen LogP contribution in [-0.2, 0) is 6.61 Å². The van der Waals surface area contributed by atoms with Crippen LogP contribution in [0.4, 0.5) is 5.69 Å². The normalized spacial score (nSPS) is 11.0. The molecule has 0 fully saturated rings. The number of amides is 1. The van der Waals surface area contributed by atoms with Gasteiger partial charge in [-0.1, -0.05) is 30.3 Å². The number of hydrazone groups is 1. The minimum absolute atomic E-state index is 0.00193. The van der Waals surface area contributed by atoms with Crippen LogP contribution in [0.5, 0.6) is 11.5 Å². The van der Waals surface area contributed by atoms with Gasteiger partial charge < -0.3 is 13.9 Å². The maximum absolute atomic E-state index is 12.4. The Balaban J connectivity index is 1.46. The number of rotatable bonds is 9. The van der Waals surface area contributed by atoms with Gasteiger partial charge in [0, 0.05) is 17.5 Å². The third-order valence-corrected chi connectivity index (χ3v) is 5.67. The number of nitro groups is 1. The molecule has 0 aliphatic heterocycles. The summed E-state index contributed by atoms with van der Waals surface area (Å²) >= 11 is 2.12. The second-order valence-electron chi connectivity index (χ2n) is 7.33. The molecule has 1 amide bonds. The molecule has 178 valence electrons. The van der Waals surface area contributed by atoms with E-state index in [0.717, 1.165) is 8.96 Å². The Kier molecular flexibility index (Phi) is 7.60. The van der Waals surface area contributed by atoms with Crippen LogP contribution in [-0.4, -0.2) is 23.7 Å². The molecule has 0 aliphatic carbocycles. The summed E-state index contributed by atoms with van der Waals surface area (Å²) in [4.78, 5) is 22.9. The third kappa shape index (κ3) is 5.96. The first-order chi connectivity index (χ1) is 16.9. The molecular weight excluding hydrogens is 565 g/mol. The van der Waals surface area contributed by atoms with Crippen molar-refractivity contribution >= 4 is 51.4 Å². The average Bonchev–Trinajstić information content (AvgIpc) is 3.28. The first-order valence-corrected chi connectivity index (χ1v) is 11.7. The van der Waals surface area contributed by atoms with Crippen LogP contribution in [0.25, 0.3) is 11.0 Å². The van der Waals surface area contributed by atoms with E-state index in [9.17, 15) is 14.9 Å². The van der Waals surface area contributed by atoms with Crippen LogP contribution in [0.1, 0.15) is 28.6 Å². The number of ether oxygens (including phenoxy) is 2. The summed E-state index contributed by atoms with van der Waals surface area (Å²) < 4.78 is 18.0. The molecule has 0 atom stereocenters. The minimum atomic E-state index is -0.464. The summed E-state index contributed by atoms with van der Waals surface area (Å²) in [5, 5.41) is 15.9. The fourth-order valence-electron chi connectivity index (χ4n) is 3.30. The van der Waals surface area contributed by atoms with Gasteiger partial charge in [-0.05, 0) is 64.9 Å². The van der Waals surface area contributed by atoms with Crippen molar-refractivity contribution in [2.45, 2.75) is 13.5 Å². The van der Waals surface area contributed by atoms with Crippen LogP contribution in [0.2, 0.25) is 0 Å². The highest BCUT2D eigenvalue weighted by atomic mass is 127. The maximum Gasteiger partial charge on any atom is 0.307 e. The zero-order valence-electron chi connectivity index (χ0n) is 18.6. The van der Waals surface area contributed by atoms with Gasteiger partial charge in [0.1, 0.15) is 12.2 Å². The molecule has 0 saturated heterocycles. The summed E-state index contributed by atoms with van der Waals surface area (Å²) in [6.45, 7) is 2.40. The van der Waals surface area contributed by atoms with Crippen molar-refractivity contribution in [2.24, 2.45) is 5.10 Å². The Morgan fingerprint density at radius 3 is 2.74 bits per heavy atom. The second-order valence-corrected chi connectivity index (χ2v) is 8.49. The maximum atomic E-state index is 12.4. The monoisotopic (exact) mass is 585 g/mol. The molecule has 0 radical (unpaired) electrons. The van der Waals surface area contributed by atoms with E-state index in [2.05, 4.69) is 33.1 Å². The smallest absolute Gasteiger partial charge is 0.307 e. The molecule has 3 aromatic carbocycles. The molecule has 1 heterocycles. The SMILES string of the molecule is CCOc1cc(/C=N/NC(=O)c2cc3ccccc3o2)cc(I)c1OCc1cccc([N+](=O)[O-])c1. The van der Waals surface area contributed by atoms with Crippen molar-refractivity contribution in [3.63, 3.8) is 0 Å². The van der Waals surface area contributed by atoms with Crippen molar-refractivity contribution < 1.29 is 23.6 Å². The molecule has 4 rings (SSSR count). The highest BCUT2D eigenvalue weighted by molar-refractivity contribution is 14.1. The number of hydrogen-bond donors (Lipinski definition) is 1. The number of nitrogens with zero attached hydrogens (tertiary/aromatic N) is 2. The molecule has 0 saturated carbocycles. The van der Waals surface area contributed by atoms with Crippen molar-refractivity contribution in [3.05, 3.63) is 97.3 Å². The average molecular weight is 585 g/mol.